The molecule has 18 heavy (non-hydrogen) atoms. The fourth-order valence-electron chi connectivity index (χ4n) is 2.78. The van der Waals surface area contributed by atoms with Gasteiger partial charge in [0.2, 0.25) is 5.91 Å². The Kier molecular flexibility index (Phi) is 2.58. The molecule has 0 spiro atoms. The molecule has 2 aromatic carbocycles. The van der Waals surface area contributed by atoms with Crippen LogP contribution in [0.3, 0.4) is 0 Å². The predicted molar refractivity (Wildman–Crippen MR) is 73.8 cm³/mol. The standard InChI is InChI=1S/C16H17NO/c1-17(2)15(18)10-13-9-8-12-7-6-11-4-3-5-14(13)16(11)12/h3-5,8-9H,6-7,10H2,1-2H3. The average Bonchev–Trinajstić information content (AvgIpc) is 2.77. The third kappa shape index (κ3) is 1.69. The predicted octanol–water partition coefficient (Wildman–Crippen LogP) is 2.57. The van der Waals surface area contributed by atoms with Crippen molar-refractivity contribution < 1.29 is 4.79 Å². The van der Waals surface area contributed by atoms with Crippen LogP contribution in [0, 0.1) is 0 Å². The monoisotopic (exact) mass is 239 g/mol. The minimum atomic E-state index is 0.161. The Hall–Kier alpha value is -1.83. The highest BCUT2D eigenvalue weighted by Gasteiger charge is 2.17. The van der Waals surface area contributed by atoms with E-state index in [9.17, 15) is 4.79 Å². The van der Waals surface area contributed by atoms with Crippen molar-refractivity contribution in [3.05, 3.63) is 47.0 Å². The normalized spacial score (nSPS) is 13.0. The fraction of sp³-hybridized carbons (Fsp3) is 0.312. The molecule has 0 saturated carbocycles. The van der Waals surface area contributed by atoms with Crippen LogP contribution in [0.5, 0.6) is 0 Å². The molecule has 3 rings (SSSR count). The first kappa shape index (κ1) is 11.3. The van der Waals surface area contributed by atoms with E-state index in [2.05, 4.69) is 30.3 Å². The van der Waals surface area contributed by atoms with E-state index >= 15 is 0 Å². The van der Waals surface area contributed by atoms with Gasteiger partial charge in [0.25, 0.3) is 0 Å². The number of aryl methyl sites for hydroxylation is 2. The van der Waals surface area contributed by atoms with E-state index in [1.807, 2.05) is 14.1 Å². The van der Waals surface area contributed by atoms with Crippen molar-refractivity contribution in [2.75, 3.05) is 14.1 Å². The average molecular weight is 239 g/mol. The van der Waals surface area contributed by atoms with E-state index in [4.69, 9.17) is 0 Å². The smallest absolute Gasteiger partial charge is 0.226 e. The van der Waals surface area contributed by atoms with Gasteiger partial charge in [-0.25, -0.2) is 0 Å². The molecule has 1 amide bonds. The van der Waals surface area contributed by atoms with Gasteiger partial charge in [0.15, 0.2) is 0 Å². The van der Waals surface area contributed by atoms with Gasteiger partial charge in [0.1, 0.15) is 0 Å². The second-order valence-corrected chi connectivity index (χ2v) is 5.19. The van der Waals surface area contributed by atoms with Crippen LogP contribution in [-0.4, -0.2) is 24.9 Å². The summed E-state index contributed by atoms with van der Waals surface area (Å²) in [7, 11) is 3.62. The van der Waals surface area contributed by atoms with E-state index in [0.29, 0.717) is 6.42 Å². The van der Waals surface area contributed by atoms with E-state index < -0.39 is 0 Å². The minimum Gasteiger partial charge on any atom is -0.349 e. The molecule has 92 valence electrons. The molecule has 0 radical (unpaired) electrons. The molecule has 0 unspecified atom stereocenters. The maximum absolute atomic E-state index is 11.9. The zero-order chi connectivity index (χ0) is 12.7. The van der Waals surface area contributed by atoms with Crippen LogP contribution in [0.15, 0.2) is 30.3 Å². The molecule has 0 atom stereocenters. The minimum absolute atomic E-state index is 0.161. The van der Waals surface area contributed by atoms with Crippen molar-refractivity contribution in [3.8, 4) is 0 Å². The molecule has 0 aliphatic heterocycles. The number of nitrogens with zero attached hydrogens (tertiary/aromatic N) is 1. The molecular formula is C16H17NO. The number of carbonyl (C=O) groups excluding carboxylic acids is 1. The van der Waals surface area contributed by atoms with Crippen LogP contribution < -0.4 is 0 Å². The topological polar surface area (TPSA) is 20.3 Å². The lowest BCUT2D eigenvalue weighted by molar-refractivity contribution is -0.127. The number of amides is 1. The van der Waals surface area contributed by atoms with Crippen LogP contribution in [0.1, 0.15) is 16.7 Å². The van der Waals surface area contributed by atoms with Crippen molar-refractivity contribution in [3.63, 3.8) is 0 Å². The van der Waals surface area contributed by atoms with Gasteiger partial charge < -0.3 is 4.90 Å². The zero-order valence-corrected chi connectivity index (χ0v) is 10.9. The molecule has 0 fully saturated rings. The Morgan fingerprint density at radius 2 is 1.83 bits per heavy atom. The zero-order valence-electron chi connectivity index (χ0n) is 10.9. The highest BCUT2D eigenvalue weighted by molar-refractivity contribution is 5.95. The van der Waals surface area contributed by atoms with Gasteiger partial charge in [0, 0.05) is 14.1 Å². The van der Waals surface area contributed by atoms with E-state index in [1.165, 1.54) is 21.9 Å². The van der Waals surface area contributed by atoms with Gasteiger partial charge >= 0.3 is 0 Å². The Morgan fingerprint density at radius 3 is 2.56 bits per heavy atom. The van der Waals surface area contributed by atoms with Gasteiger partial charge in [-0.3, -0.25) is 4.79 Å². The van der Waals surface area contributed by atoms with Crippen molar-refractivity contribution in [1.82, 2.24) is 4.90 Å². The first-order chi connectivity index (χ1) is 8.66. The lowest BCUT2D eigenvalue weighted by Gasteiger charge is -2.12. The number of benzene rings is 2. The quantitative estimate of drug-likeness (QED) is 0.788. The summed E-state index contributed by atoms with van der Waals surface area (Å²) in [5.74, 6) is 0.161. The largest absolute Gasteiger partial charge is 0.349 e. The number of carbonyl (C=O) groups is 1. The summed E-state index contributed by atoms with van der Waals surface area (Å²) in [6.45, 7) is 0. The van der Waals surface area contributed by atoms with Gasteiger partial charge in [0.05, 0.1) is 6.42 Å². The lowest BCUT2D eigenvalue weighted by atomic mass is 9.98. The van der Waals surface area contributed by atoms with Crippen LogP contribution in [-0.2, 0) is 24.1 Å². The lowest BCUT2D eigenvalue weighted by Crippen LogP contribution is -2.23. The molecule has 0 N–H and O–H groups in total. The molecule has 2 nitrogen and oxygen atoms in total. The molecule has 0 bridgehead atoms. The summed E-state index contributed by atoms with van der Waals surface area (Å²) >= 11 is 0. The summed E-state index contributed by atoms with van der Waals surface area (Å²) in [5, 5.41) is 2.65. The molecule has 2 aromatic rings. The fourth-order valence-corrected chi connectivity index (χ4v) is 2.78. The molecule has 0 heterocycles. The molecular weight excluding hydrogens is 222 g/mol. The molecule has 0 aromatic heterocycles. The highest BCUT2D eigenvalue weighted by atomic mass is 16.2. The number of likely N-dealkylation sites (N-methyl/N-ethyl adjacent to an activating group) is 1. The highest BCUT2D eigenvalue weighted by Crippen LogP contribution is 2.32. The van der Waals surface area contributed by atoms with Gasteiger partial charge in [-0.1, -0.05) is 30.3 Å². The Labute approximate surface area is 107 Å². The summed E-state index contributed by atoms with van der Waals surface area (Å²) in [6.07, 6.45) is 2.77. The second-order valence-electron chi connectivity index (χ2n) is 5.19. The molecule has 2 heteroatoms. The van der Waals surface area contributed by atoms with Crippen molar-refractivity contribution in [2.45, 2.75) is 19.3 Å². The second kappa shape index (κ2) is 4.13. The Morgan fingerprint density at radius 1 is 1.11 bits per heavy atom. The van der Waals surface area contributed by atoms with Gasteiger partial charge in [-0.2, -0.15) is 0 Å². The summed E-state index contributed by atoms with van der Waals surface area (Å²) in [5.41, 5.74) is 4.01. The van der Waals surface area contributed by atoms with Crippen LogP contribution >= 0.6 is 0 Å². The SMILES string of the molecule is CN(C)C(=O)Cc1ccc2c3c(cccc13)CC2. The number of rotatable bonds is 2. The van der Waals surface area contributed by atoms with E-state index in [1.54, 1.807) is 4.90 Å². The molecule has 1 aliphatic rings. The Bertz CT molecular complexity index is 618. The molecule has 0 saturated heterocycles. The third-order valence-corrected chi connectivity index (χ3v) is 3.81. The number of hydrogen-bond acceptors (Lipinski definition) is 1. The maximum atomic E-state index is 11.9. The molecule has 1 aliphatic carbocycles. The van der Waals surface area contributed by atoms with Crippen LogP contribution in [0.25, 0.3) is 10.8 Å². The van der Waals surface area contributed by atoms with Crippen LogP contribution in [0.4, 0.5) is 0 Å². The number of hydrogen-bond donors (Lipinski definition) is 0. The van der Waals surface area contributed by atoms with E-state index in [-0.39, 0.29) is 5.91 Å². The summed E-state index contributed by atoms with van der Waals surface area (Å²) in [6, 6.07) is 10.8. The van der Waals surface area contributed by atoms with E-state index in [0.717, 1.165) is 18.4 Å². The first-order valence-electron chi connectivity index (χ1n) is 6.39. The maximum Gasteiger partial charge on any atom is 0.226 e. The van der Waals surface area contributed by atoms with Crippen LogP contribution in [0.2, 0.25) is 0 Å². The summed E-state index contributed by atoms with van der Waals surface area (Å²) in [4.78, 5) is 13.5. The van der Waals surface area contributed by atoms with Crippen molar-refractivity contribution in [2.24, 2.45) is 0 Å². The van der Waals surface area contributed by atoms with Gasteiger partial charge in [-0.15, -0.1) is 0 Å². The van der Waals surface area contributed by atoms with Crippen molar-refractivity contribution >= 4 is 16.7 Å². The van der Waals surface area contributed by atoms with Crippen molar-refractivity contribution in [1.29, 1.82) is 0 Å². The summed E-state index contributed by atoms with van der Waals surface area (Å²) < 4.78 is 0. The third-order valence-electron chi connectivity index (χ3n) is 3.81. The Balaban J connectivity index is 2.12. The first-order valence-corrected chi connectivity index (χ1v) is 6.39. The van der Waals surface area contributed by atoms with Gasteiger partial charge in [-0.05, 0) is 40.3 Å².